The molecule has 0 bridgehead atoms. The maximum Gasteiger partial charge on any atom is 0.0644 e. The minimum atomic E-state index is -0.486. The van der Waals surface area contributed by atoms with Crippen LogP contribution in [0.5, 0.6) is 0 Å². The van der Waals surface area contributed by atoms with Gasteiger partial charge in [-0.1, -0.05) is 30.3 Å². The number of benzene rings is 1. The molecule has 1 aromatic rings. The highest BCUT2D eigenvalue weighted by Crippen LogP contribution is 2.30. The number of hydrogen-bond acceptors (Lipinski definition) is 3. The highest BCUT2D eigenvalue weighted by atomic mass is 16.3. The van der Waals surface area contributed by atoms with Crippen LogP contribution < -0.4 is 5.73 Å². The Hall–Kier alpha value is -0.900. The molecule has 3 heteroatoms. The Morgan fingerprint density at radius 1 is 1.28 bits per heavy atom. The molecule has 1 saturated heterocycles. The summed E-state index contributed by atoms with van der Waals surface area (Å²) in [6.07, 6.45) is 2.67. The molecule has 0 saturated carbocycles. The summed E-state index contributed by atoms with van der Waals surface area (Å²) in [7, 11) is 0. The second-order valence-corrected chi connectivity index (χ2v) is 5.54. The van der Waals surface area contributed by atoms with Crippen LogP contribution in [0.4, 0.5) is 0 Å². The van der Waals surface area contributed by atoms with E-state index >= 15 is 0 Å². The van der Waals surface area contributed by atoms with Gasteiger partial charge in [-0.2, -0.15) is 0 Å². The van der Waals surface area contributed by atoms with Crippen molar-refractivity contribution in [3.05, 3.63) is 35.9 Å². The minimum absolute atomic E-state index is 0.396. The largest absolute Gasteiger partial charge is 0.390 e. The van der Waals surface area contributed by atoms with Gasteiger partial charge in [0.05, 0.1) is 5.60 Å². The Morgan fingerprint density at radius 2 is 1.89 bits per heavy atom. The SMILES string of the molecule is CC1(O)CCN(C(CCN)c2ccccc2)CC1. The van der Waals surface area contributed by atoms with Crippen LogP contribution in [0.2, 0.25) is 0 Å². The van der Waals surface area contributed by atoms with E-state index < -0.39 is 5.60 Å². The molecule has 1 heterocycles. The van der Waals surface area contributed by atoms with Gasteiger partial charge in [0, 0.05) is 19.1 Å². The third kappa shape index (κ3) is 3.31. The first-order valence-electron chi connectivity index (χ1n) is 6.84. The van der Waals surface area contributed by atoms with Gasteiger partial charge in [-0.25, -0.2) is 0 Å². The van der Waals surface area contributed by atoms with Crippen molar-refractivity contribution in [3.63, 3.8) is 0 Å². The van der Waals surface area contributed by atoms with Gasteiger partial charge in [-0.3, -0.25) is 4.90 Å². The highest BCUT2D eigenvalue weighted by Gasteiger charge is 2.30. The molecule has 0 amide bonds. The summed E-state index contributed by atoms with van der Waals surface area (Å²) in [5, 5.41) is 10.0. The first-order valence-corrected chi connectivity index (χ1v) is 6.84. The van der Waals surface area contributed by atoms with Gasteiger partial charge >= 0.3 is 0 Å². The monoisotopic (exact) mass is 248 g/mol. The number of hydrogen-bond donors (Lipinski definition) is 2. The molecule has 1 aromatic carbocycles. The van der Waals surface area contributed by atoms with Gasteiger partial charge in [0.1, 0.15) is 0 Å². The molecule has 1 atom stereocenters. The fourth-order valence-corrected chi connectivity index (χ4v) is 2.71. The van der Waals surface area contributed by atoms with Gasteiger partial charge in [-0.15, -0.1) is 0 Å². The lowest BCUT2D eigenvalue weighted by atomic mass is 9.91. The van der Waals surface area contributed by atoms with E-state index in [1.54, 1.807) is 0 Å². The predicted octanol–water partition coefficient (Wildman–Crippen LogP) is 1.92. The molecule has 18 heavy (non-hydrogen) atoms. The second-order valence-electron chi connectivity index (χ2n) is 5.54. The first-order chi connectivity index (χ1) is 8.62. The lowest BCUT2D eigenvalue weighted by molar-refractivity contribution is -0.0176. The quantitative estimate of drug-likeness (QED) is 0.856. The fraction of sp³-hybridized carbons (Fsp3) is 0.600. The van der Waals surface area contributed by atoms with E-state index in [1.807, 2.05) is 13.0 Å². The van der Waals surface area contributed by atoms with Crippen LogP contribution in [0.25, 0.3) is 0 Å². The van der Waals surface area contributed by atoms with Gasteiger partial charge < -0.3 is 10.8 Å². The summed E-state index contributed by atoms with van der Waals surface area (Å²) in [5.41, 5.74) is 6.60. The number of nitrogens with two attached hydrogens (primary N) is 1. The Balaban J connectivity index is 2.07. The van der Waals surface area contributed by atoms with E-state index in [-0.39, 0.29) is 0 Å². The van der Waals surface area contributed by atoms with Crippen molar-refractivity contribution >= 4 is 0 Å². The molecular weight excluding hydrogens is 224 g/mol. The van der Waals surface area contributed by atoms with Crippen LogP contribution in [0.1, 0.15) is 37.8 Å². The molecule has 100 valence electrons. The van der Waals surface area contributed by atoms with Crippen molar-refractivity contribution in [2.24, 2.45) is 5.73 Å². The molecule has 3 nitrogen and oxygen atoms in total. The zero-order chi connectivity index (χ0) is 13.0. The number of nitrogens with zero attached hydrogens (tertiary/aromatic N) is 1. The second kappa shape index (κ2) is 5.83. The van der Waals surface area contributed by atoms with Gasteiger partial charge in [0.25, 0.3) is 0 Å². The number of rotatable bonds is 4. The molecule has 1 fully saturated rings. The summed E-state index contributed by atoms with van der Waals surface area (Å²) in [6.45, 7) is 4.54. The van der Waals surface area contributed by atoms with Crippen LogP contribution in [0, 0.1) is 0 Å². The minimum Gasteiger partial charge on any atom is -0.390 e. The zero-order valence-corrected chi connectivity index (χ0v) is 11.2. The molecule has 1 aliphatic rings. The van der Waals surface area contributed by atoms with Crippen molar-refractivity contribution in [2.75, 3.05) is 19.6 Å². The molecule has 0 aliphatic carbocycles. The normalized spacial score (nSPS) is 21.7. The van der Waals surface area contributed by atoms with Crippen LogP contribution in [-0.2, 0) is 0 Å². The zero-order valence-electron chi connectivity index (χ0n) is 11.2. The molecule has 0 radical (unpaired) electrons. The van der Waals surface area contributed by atoms with Crippen molar-refractivity contribution in [3.8, 4) is 0 Å². The lowest BCUT2D eigenvalue weighted by Crippen LogP contribution is -2.44. The first kappa shape index (κ1) is 13.5. The average molecular weight is 248 g/mol. The molecule has 1 unspecified atom stereocenters. The van der Waals surface area contributed by atoms with Gasteiger partial charge in [0.15, 0.2) is 0 Å². The smallest absolute Gasteiger partial charge is 0.0644 e. The standard InChI is InChI=1S/C15H24N2O/c1-15(18)8-11-17(12-9-15)14(7-10-16)13-5-3-2-4-6-13/h2-6,14,18H,7-12,16H2,1H3. The maximum absolute atomic E-state index is 10.0. The van der Waals surface area contributed by atoms with E-state index in [9.17, 15) is 5.11 Å². The van der Waals surface area contributed by atoms with Crippen LogP contribution >= 0.6 is 0 Å². The van der Waals surface area contributed by atoms with Gasteiger partial charge in [0.2, 0.25) is 0 Å². The summed E-state index contributed by atoms with van der Waals surface area (Å²) < 4.78 is 0. The molecule has 3 N–H and O–H groups in total. The fourth-order valence-electron chi connectivity index (χ4n) is 2.71. The third-order valence-corrected chi connectivity index (χ3v) is 3.94. The van der Waals surface area contributed by atoms with Crippen molar-refractivity contribution in [1.82, 2.24) is 4.90 Å². The summed E-state index contributed by atoms with van der Waals surface area (Å²) in [6, 6.07) is 11.0. The predicted molar refractivity (Wildman–Crippen MR) is 74.3 cm³/mol. The van der Waals surface area contributed by atoms with E-state index in [0.29, 0.717) is 12.6 Å². The number of likely N-dealkylation sites (tertiary alicyclic amines) is 1. The van der Waals surface area contributed by atoms with Crippen LogP contribution in [0.15, 0.2) is 30.3 Å². The summed E-state index contributed by atoms with van der Waals surface area (Å²) in [5.74, 6) is 0. The Kier molecular flexibility index (Phi) is 4.38. The highest BCUT2D eigenvalue weighted by molar-refractivity contribution is 5.19. The lowest BCUT2D eigenvalue weighted by Gasteiger charge is -2.40. The maximum atomic E-state index is 10.0. The van der Waals surface area contributed by atoms with Crippen molar-refractivity contribution in [2.45, 2.75) is 37.8 Å². The molecule has 0 spiro atoms. The van der Waals surface area contributed by atoms with Crippen molar-refractivity contribution in [1.29, 1.82) is 0 Å². The van der Waals surface area contributed by atoms with Crippen LogP contribution in [0.3, 0.4) is 0 Å². The Morgan fingerprint density at radius 3 is 2.44 bits per heavy atom. The van der Waals surface area contributed by atoms with E-state index in [1.165, 1.54) is 5.56 Å². The third-order valence-electron chi connectivity index (χ3n) is 3.94. The average Bonchev–Trinajstić information content (AvgIpc) is 2.38. The molecule has 1 aliphatic heterocycles. The van der Waals surface area contributed by atoms with E-state index in [0.717, 1.165) is 32.4 Å². The molecule has 2 rings (SSSR count). The van der Waals surface area contributed by atoms with E-state index in [2.05, 4.69) is 29.2 Å². The Labute approximate surface area is 110 Å². The van der Waals surface area contributed by atoms with Crippen molar-refractivity contribution < 1.29 is 5.11 Å². The molecule has 0 aromatic heterocycles. The topological polar surface area (TPSA) is 49.5 Å². The summed E-state index contributed by atoms with van der Waals surface area (Å²) >= 11 is 0. The summed E-state index contributed by atoms with van der Waals surface area (Å²) in [4.78, 5) is 2.46. The van der Waals surface area contributed by atoms with Gasteiger partial charge in [-0.05, 0) is 38.3 Å². The Bertz CT molecular complexity index is 354. The number of aliphatic hydroxyl groups is 1. The molecular formula is C15H24N2O. The van der Waals surface area contributed by atoms with E-state index in [4.69, 9.17) is 5.73 Å². The van der Waals surface area contributed by atoms with Crippen LogP contribution in [-0.4, -0.2) is 35.2 Å². The number of piperidine rings is 1.